The first-order valence-corrected chi connectivity index (χ1v) is 8.44. The van der Waals surface area contributed by atoms with Gasteiger partial charge in [0.2, 0.25) is 5.91 Å². The van der Waals surface area contributed by atoms with E-state index >= 15 is 0 Å². The SMILES string of the molecule is C=C(CCNC(C)=O)c1cc(OC)ccc1N.COc1ccc(F)cc1C. The molecule has 27 heavy (non-hydrogen) atoms. The number of carbonyl (C=O) groups excluding carboxylic acids is 1. The molecule has 2 aromatic carbocycles. The van der Waals surface area contributed by atoms with Gasteiger partial charge in [-0.05, 0) is 60.9 Å². The molecule has 2 aromatic rings. The van der Waals surface area contributed by atoms with Crippen LogP contribution in [0.4, 0.5) is 10.1 Å². The molecular weight excluding hydrogens is 347 g/mol. The van der Waals surface area contributed by atoms with E-state index in [1.54, 1.807) is 32.4 Å². The van der Waals surface area contributed by atoms with E-state index in [-0.39, 0.29) is 11.7 Å². The Morgan fingerprint density at radius 2 is 1.89 bits per heavy atom. The third-order valence-electron chi connectivity index (χ3n) is 3.80. The lowest BCUT2D eigenvalue weighted by molar-refractivity contribution is -0.118. The second-order valence-corrected chi connectivity index (χ2v) is 5.90. The normalized spacial score (nSPS) is 9.67. The van der Waals surface area contributed by atoms with Crippen LogP contribution in [0.2, 0.25) is 0 Å². The minimum absolute atomic E-state index is 0.0450. The number of amides is 1. The van der Waals surface area contributed by atoms with Gasteiger partial charge in [-0.2, -0.15) is 0 Å². The van der Waals surface area contributed by atoms with Crippen LogP contribution in [0.25, 0.3) is 5.57 Å². The van der Waals surface area contributed by atoms with Crippen LogP contribution >= 0.6 is 0 Å². The molecule has 146 valence electrons. The smallest absolute Gasteiger partial charge is 0.216 e. The summed E-state index contributed by atoms with van der Waals surface area (Å²) in [5.41, 5.74) is 9.11. The minimum atomic E-state index is -0.224. The predicted molar refractivity (Wildman–Crippen MR) is 107 cm³/mol. The summed E-state index contributed by atoms with van der Waals surface area (Å²) in [7, 11) is 3.18. The van der Waals surface area contributed by atoms with Gasteiger partial charge in [-0.25, -0.2) is 4.39 Å². The number of nitrogen functional groups attached to an aromatic ring is 1. The number of nitrogens with one attached hydrogen (secondary N) is 1. The number of rotatable bonds is 6. The second-order valence-electron chi connectivity index (χ2n) is 5.90. The van der Waals surface area contributed by atoms with Crippen molar-refractivity contribution in [1.82, 2.24) is 5.32 Å². The largest absolute Gasteiger partial charge is 0.497 e. The molecule has 0 aliphatic heterocycles. The topological polar surface area (TPSA) is 73.6 Å². The van der Waals surface area contributed by atoms with Crippen LogP contribution in [-0.2, 0) is 4.79 Å². The average molecular weight is 374 g/mol. The molecule has 0 fully saturated rings. The fourth-order valence-corrected chi connectivity index (χ4v) is 2.33. The summed E-state index contributed by atoms with van der Waals surface area (Å²) in [6.07, 6.45) is 0.664. The van der Waals surface area contributed by atoms with Gasteiger partial charge < -0.3 is 20.5 Å². The summed E-state index contributed by atoms with van der Waals surface area (Å²) in [6.45, 7) is 7.83. The highest BCUT2D eigenvalue weighted by Crippen LogP contribution is 2.26. The molecule has 0 saturated heterocycles. The molecule has 0 heterocycles. The maximum atomic E-state index is 12.4. The summed E-state index contributed by atoms with van der Waals surface area (Å²) in [6, 6.07) is 9.89. The van der Waals surface area contributed by atoms with Crippen molar-refractivity contribution >= 4 is 17.2 Å². The van der Waals surface area contributed by atoms with Crippen molar-refractivity contribution in [2.75, 3.05) is 26.5 Å². The van der Waals surface area contributed by atoms with Crippen LogP contribution in [0.5, 0.6) is 11.5 Å². The fourth-order valence-electron chi connectivity index (χ4n) is 2.33. The molecule has 0 atom stereocenters. The number of anilines is 1. The standard InChI is InChI=1S/C13H18N2O2.C8H9FO/c1-9(6-7-15-10(2)16)12-8-11(17-3)4-5-13(12)14;1-6-5-7(9)3-4-8(6)10-2/h4-5,8H,1,6-7,14H2,2-3H3,(H,15,16);3-5H,1-2H3. The maximum Gasteiger partial charge on any atom is 0.216 e. The Labute approximate surface area is 160 Å². The Kier molecular flexibility index (Phi) is 8.85. The van der Waals surface area contributed by atoms with Crippen LogP contribution in [0.3, 0.4) is 0 Å². The van der Waals surface area contributed by atoms with Crippen LogP contribution in [-0.4, -0.2) is 26.7 Å². The van der Waals surface area contributed by atoms with E-state index < -0.39 is 0 Å². The van der Waals surface area contributed by atoms with Crippen molar-refractivity contribution in [1.29, 1.82) is 0 Å². The van der Waals surface area contributed by atoms with Gasteiger partial charge in [0, 0.05) is 24.7 Å². The quantitative estimate of drug-likeness (QED) is 0.751. The zero-order chi connectivity index (χ0) is 20.4. The lowest BCUT2D eigenvalue weighted by Gasteiger charge is -2.11. The van der Waals surface area contributed by atoms with E-state index in [1.165, 1.54) is 19.1 Å². The molecule has 1 amide bonds. The number of hydrogen-bond donors (Lipinski definition) is 2. The van der Waals surface area contributed by atoms with Crippen LogP contribution in [0.1, 0.15) is 24.5 Å². The van der Waals surface area contributed by atoms with Gasteiger partial charge in [-0.3, -0.25) is 4.79 Å². The average Bonchev–Trinajstić information content (AvgIpc) is 2.62. The Morgan fingerprint density at radius 3 is 2.44 bits per heavy atom. The maximum absolute atomic E-state index is 12.4. The zero-order valence-electron chi connectivity index (χ0n) is 16.3. The Hall–Kier alpha value is -3.02. The molecule has 0 saturated carbocycles. The molecule has 0 aliphatic carbocycles. The van der Waals surface area contributed by atoms with Gasteiger partial charge >= 0.3 is 0 Å². The number of halogens is 1. The first kappa shape index (κ1) is 22.0. The van der Waals surface area contributed by atoms with Gasteiger partial charge in [0.25, 0.3) is 0 Å². The summed E-state index contributed by atoms with van der Waals surface area (Å²) >= 11 is 0. The zero-order valence-corrected chi connectivity index (χ0v) is 16.3. The first-order chi connectivity index (χ1) is 12.8. The summed E-state index contributed by atoms with van der Waals surface area (Å²) in [4.78, 5) is 10.7. The van der Waals surface area contributed by atoms with Crippen molar-refractivity contribution in [2.45, 2.75) is 20.3 Å². The number of nitrogens with two attached hydrogens (primary N) is 1. The lowest BCUT2D eigenvalue weighted by atomic mass is 10.0. The molecule has 5 nitrogen and oxygen atoms in total. The second kappa shape index (κ2) is 10.9. The molecule has 0 bridgehead atoms. The van der Waals surface area contributed by atoms with E-state index in [1.807, 2.05) is 13.0 Å². The van der Waals surface area contributed by atoms with Crippen LogP contribution in [0, 0.1) is 12.7 Å². The molecule has 0 aliphatic rings. The molecule has 2 rings (SSSR count). The van der Waals surface area contributed by atoms with E-state index in [9.17, 15) is 9.18 Å². The van der Waals surface area contributed by atoms with Crippen molar-refractivity contribution in [2.24, 2.45) is 0 Å². The van der Waals surface area contributed by atoms with Gasteiger partial charge in [-0.15, -0.1) is 0 Å². The summed E-state index contributed by atoms with van der Waals surface area (Å²) in [5.74, 6) is 1.20. The van der Waals surface area contributed by atoms with E-state index in [0.29, 0.717) is 18.7 Å². The Balaban J connectivity index is 0.000000309. The number of carbonyl (C=O) groups is 1. The van der Waals surface area contributed by atoms with Gasteiger partial charge in [0.05, 0.1) is 14.2 Å². The van der Waals surface area contributed by atoms with Crippen LogP contribution < -0.4 is 20.5 Å². The number of methoxy groups -OCH3 is 2. The van der Waals surface area contributed by atoms with Crippen molar-refractivity contribution in [3.63, 3.8) is 0 Å². The molecular formula is C21H27FN2O3. The van der Waals surface area contributed by atoms with Gasteiger partial charge in [0.15, 0.2) is 0 Å². The third-order valence-corrected chi connectivity index (χ3v) is 3.80. The Bertz CT molecular complexity index is 791. The first-order valence-electron chi connectivity index (χ1n) is 8.44. The number of hydrogen-bond acceptors (Lipinski definition) is 4. The lowest BCUT2D eigenvalue weighted by Crippen LogP contribution is -2.21. The van der Waals surface area contributed by atoms with Crippen molar-refractivity contribution < 1.29 is 18.7 Å². The monoisotopic (exact) mass is 374 g/mol. The highest BCUT2D eigenvalue weighted by Gasteiger charge is 2.06. The number of benzene rings is 2. The summed E-state index contributed by atoms with van der Waals surface area (Å²) in [5, 5.41) is 2.72. The molecule has 6 heteroatoms. The van der Waals surface area contributed by atoms with Gasteiger partial charge in [-0.1, -0.05) is 6.58 Å². The molecule has 0 aromatic heterocycles. The molecule has 0 unspecified atom stereocenters. The minimum Gasteiger partial charge on any atom is -0.497 e. The molecule has 3 N–H and O–H groups in total. The van der Waals surface area contributed by atoms with E-state index in [4.69, 9.17) is 15.2 Å². The van der Waals surface area contributed by atoms with E-state index in [0.717, 1.165) is 28.2 Å². The predicted octanol–water partition coefficient (Wildman–Crippen LogP) is 3.96. The highest BCUT2D eigenvalue weighted by atomic mass is 19.1. The number of ether oxygens (including phenoxy) is 2. The van der Waals surface area contributed by atoms with E-state index in [2.05, 4.69) is 11.9 Å². The Morgan fingerprint density at radius 1 is 1.19 bits per heavy atom. The fraction of sp³-hybridized carbons (Fsp3) is 0.286. The summed E-state index contributed by atoms with van der Waals surface area (Å²) < 4.78 is 22.5. The number of aryl methyl sites for hydroxylation is 1. The third kappa shape index (κ3) is 7.40. The molecule has 0 spiro atoms. The van der Waals surface area contributed by atoms with Crippen molar-refractivity contribution in [3.8, 4) is 11.5 Å². The van der Waals surface area contributed by atoms with Gasteiger partial charge in [0.1, 0.15) is 17.3 Å². The molecule has 0 radical (unpaired) electrons. The highest BCUT2D eigenvalue weighted by molar-refractivity contribution is 5.76. The van der Waals surface area contributed by atoms with Crippen molar-refractivity contribution in [3.05, 3.63) is 59.9 Å². The van der Waals surface area contributed by atoms with Crippen LogP contribution in [0.15, 0.2) is 43.0 Å².